The lowest BCUT2D eigenvalue weighted by atomic mass is 10.0. The number of alkyl carbamates (subject to hydrolysis) is 2. The van der Waals surface area contributed by atoms with Crippen molar-refractivity contribution in [1.29, 1.82) is 0 Å². The van der Waals surface area contributed by atoms with Crippen LogP contribution < -0.4 is 10.6 Å². The van der Waals surface area contributed by atoms with Crippen LogP contribution in [0.5, 0.6) is 0 Å². The van der Waals surface area contributed by atoms with Crippen molar-refractivity contribution in [2.24, 2.45) is 5.92 Å². The molecule has 306 valence electrons. The first kappa shape index (κ1) is 39.8. The third-order valence-electron chi connectivity index (χ3n) is 11.2. The van der Waals surface area contributed by atoms with Gasteiger partial charge in [-0.1, -0.05) is 68.4 Å². The summed E-state index contributed by atoms with van der Waals surface area (Å²) in [6.07, 6.45) is 5.56. The zero-order chi connectivity index (χ0) is 41.2. The summed E-state index contributed by atoms with van der Waals surface area (Å²) in [6, 6.07) is 15.5. The van der Waals surface area contributed by atoms with E-state index < -0.39 is 24.3 Å². The number of fused-ring (bicyclic) bond motifs is 1. The predicted molar refractivity (Wildman–Crippen MR) is 227 cm³/mol. The fourth-order valence-corrected chi connectivity index (χ4v) is 10.6. The first-order valence-electron chi connectivity index (χ1n) is 19.7. The van der Waals surface area contributed by atoms with E-state index >= 15 is 0 Å². The topological polar surface area (TPSA) is 175 Å². The maximum atomic E-state index is 13.9. The van der Waals surface area contributed by atoms with Crippen LogP contribution in [0.1, 0.15) is 74.9 Å². The second-order valence-corrected chi connectivity index (χ2v) is 16.9. The molecular formula is C43H46N8O6S2. The van der Waals surface area contributed by atoms with Gasteiger partial charge in [0.05, 0.1) is 59.5 Å². The van der Waals surface area contributed by atoms with Gasteiger partial charge in [-0.2, -0.15) is 0 Å². The van der Waals surface area contributed by atoms with E-state index in [1.165, 1.54) is 18.9 Å². The normalized spacial score (nSPS) is 17.6. The number of hydrogen-bond acceptors (Lipinski definition) is 10. The molecule has 0 spiro atoms. The first-order chi connectivity index (χ1) is 28.6. The van der Waals surface area contributed by atoms with E-state index in [4.69, 9.17) is 19.4 Å². The Kier molecular flexibility index (Phi) is 11.5. The SMILES string of the molecule is COC(=O)NC(C(=O)N1CCCC1c1ncc(-c2ccc(-c3csc4c(-c5cnc(C6CCCN6C(=O)C(NC(=O)OC)C(C)C)[nH]5)csc34)cc2)[nH]1)c1ccccc1. The second-order valence-electron chi connectivity index (χ2n) is 15.1. The van der Waals surface area contributed by atoms with Gasteiger partial charge in [-0.25, -0.2) is 19.6 Å². The summed E-state index contributed by atoms with van der Waals surface area (Å²) in [5.41, 5.74) is 6.72. The smallest absolute Gasteiger partial charge is 0.407 e. The minimum atomic E-state index is -0.881. The van der Waals surface area contributed by atoms with Crippen LogP contribution in [0.2, 0.25) is 0 Å². The van der Waals surface area contributed by atoms with Gasteiger partial charge >= 0.3 is 12.2 Å². The Hall–Kier alpha value is -6.00. The number of H-pyrrole nitrogens is 2. The number of benzene rings is 2. The molecule has 0 saturated carbocycles. The van der Waals surface area contributed by atoms with Crippen LogP contribution in [0.25, 0.3) is 43.0 Å². The molecule has 0 radical (unpaired) electrons. The summed E-state index contributed by atoms with van der Waals surface area (Å²) in [6.45, 7) is 4.96. The monoisotopic (exact) mass is 834 g/mol. The lowest BCUT2D eigenvalue weighted by Crippen LogP contribution is -2.51. The Bertz CT molecular complexity index is 2460. The van der Waals surface area contributed by atoms with E-state index in [1.807, 2.05) is 61.5 Å². The first-order valence-corrected chi connectivity index (χ1v) is 21.5. The number of carbonyl (C=O) groups excluding carboxylic acids is 4. The summed E-state index contributed by atoms with van der Waals surface area (Å²) in [7, 11) is 2.58. The van der Waals surface area contributed by atoms with E-state index in [2.05, 4.69) is 55.6 Å². The summed E-state index contributed by atoms with van der Waals surface area (Å²) >= 11 is 3.38. The van der Waals surface area contributed by atoms with Crippen LogP contribution in [0.15, 0.2) is 77.8 Å². The lowest BCUT2D eigenvalue weighted by molar-refractivity contribution is -0.135. The number of thiophene rings is 2. The van der Waals surface area contributed by atoms with Gasteiger partial charge < -0.3 is 39.9 Å². The molecule has 2 saturated heterocycles. The summed E-state index contributed by atoms with van der Waals surface area (Å²) in [4.78, 5) is 71.9. The molecule has 6 heterocycles. The minimum Gasteiger partial charge on any atom is -0.453 e. The molecule has 2 aliphatic rings. The molecule has 14 nitrogen and oxygen atoms in total. The van der Waals surface area contributed by atoms with Crippen LogP contribution in [-0.2, 0) is 19.1 Å². The van der Waals surface area contributed by atoms with E-state index in [-0.39, 0.29) is 29.8 Å². The number of methoxy groups -OCH3 is 2. The van der Waals surface area contributed by atoms with Gasteiger partial charge in [0.1, 0.15) is 23.7 Å². The summed E-state index contributed by atoms with van der Waals surface area (Å²) in [5, 5.41) is 9.77. The molecule has 2 aliphatic heterocycles. The van der Waals surface area contributed by atoms with Gasteiger partial charge in [0.15, 0.2) is 0 Å². The molecule has 16 heteroatoms. The van der Waals surface area contributed by atoms with Crippen molar-refractivity contribution in [2.75, 3.05) is 27.3 Å². The van der Waals surface area contributed by atoms with Crippen molar-refractivity contribution in [3.05, 3.63) is 95.0 Å². The van der Waals surface area contributed by atoms with Crippen molar-refractivity contribution in [3.63, 3.8) is 0 Å². The number of hydrogen-bond donors (Lipinski definition) is 4. The molecule has 6 aromatic rings. The minimum absolute atomic E-state index is 0.109. The molecule has 2 aromatic carbocycles. The Morgan fingerprint density at radius 3 is 1.88 bits per heavy atom. The number of nitrogens with one attached hydrogen (secondary N) is 4. The highest BCUT2D eigenvalue weighted by atomic mass is 32.1. The zero-order valence-electron chi connectivity index (χ0n) is 33.2. The molecular weight excluding hydrogens is 789 g/mol. The summed E-state index contributed by atoms with van der Waals surface area (Å²) < 4.78 is 12.0. The number of amides is 4. The van der Waals surface area contributed by atoms with Crippen molar-refractivity contribution in [1.82, 2.24) is 40.4 Å². The van der Waals surface area contributed by atoms with Crippen LogP contribution >= 0.6 is 22.7 Å². The van der Waals surface area contributed by atoms with Crippen LogP contribution in [0.4, 0.5) is 9.59 Å². The van der Waals surface area contributed by atoms with Gasteiger partial charge in [0.25, 0.3) is 5.91 Å². The van der Waals surface area contributed by atoms with Crippen molar-refractivity contribution >= 4 is 56.1 Å². The molecule has 0 bridgehead atoms. The second kappa shape index (κ2) is 17.1. The fourth-order valence-electron chi connectivity index (χ4n) is 8.11. The van der Waals surface area contributed by atoms with Crippen molar-refractivity contribution in [2.45, 2.75) is 63.7 Å². The van der Waals surface area contributed by atoms with Crippen LogP contribution in [0, 0.1) is 5.92 Å². The van der Waals surface area contributed by atoms with Crippen LogP contribution in [0.3, 0.4) is 0 Å². The third-order valence-corrected chi connectivity index (χ3v) is 13.4. The fraction of sp³-hybridized carbons (Fsp3) is 0.349. The molecule has 2 fully saturated rings. The highest BCUT2D eigenvalue weighted by Gasteiger charge is 2.39. The third kappa shape index (κ3) is 7.93. The average Bonchev–Trinajstić information content (AvgIpc) is 4.11. The number of aromatic nitrogens is 4. The number of imidazole rings is 2. The largest absolute Gasteiger partial charge is 0.453 e. The molecule has 59 heavy (non-hydrogen) atoms. The molecule has 0 aliphatic carbocycles. The highest BCUT2D eigenvalue weighted by Crippen LogP contribution is 2.44. The number of aromatic amines is 2. The van der Waals surface area contributed by atoms with E-state index in [0.717, 1.165) is 69.8 Å². The van der Waals surface area contributed by atoms with Gasteiger partial charge in [0, 0.05) is 35.0 Å². The molecule has 8 rings (SSSR count). The van der Waals surface area contributed by atoms with Crippen LogP contribution in [-0.4, -0.2) is 87.1 Å². The molecule has 4 N–H and O–H groups in total. The number of nitrogens with zero attached hydrogens (tertiary/aromatic N) is 4. The number of carbonyl (C=O) groups is 4. The van der Waals surface area contributed by atoms with Gasteiger partial charge in [-0.05, 0) is 48.3 Å². The van der Waals surface area contributed by atoms with Crippen molar-refractivity contribution < 1.29 is 28.7 Å². The number of rotatable bonds is 11. The molecule has 4 unspecified atom stereocenters. The number of likely N-dealkylation sites (tertiary alicyclic amines) is 2. The molecule has 4 atom stereocenters. The maximum absolute atomic E-state index is 13.9. The summed E-state index contributed by atoms with van der Waals surface area (Å²) in [5.74, 6) is 0.982. The average molecular weight is 835 g/mol. The highest BCUT2D eigenvalue weighted by molar-refractivity contribution is 7.27. The van der Waals surface area contributed by atoms with E-state index in [9.17, 15) is 19.2 Å². The van der Waals surface area contributed by atoms with E-state index in [0.29, 0.717) is 24.5 Å². The quantitative estimate of drug-likeness (QED) is 0.101. The standard InChI is InChI=1S/C43H46N8O6S2/c1-24(2)34(48-42(54)56-3)40(52)50-18-8-13-33(50)39-45-21-31(47-39)29-23-59-36-28(22-58-37(29)36)25-14-16-26(17-15-25)30-20-44-38(46-30)32-12-9-19-51(32)41(53)35(49-43(55)57-4)27-10-6-5-7-11-27/h5-7,10-11,14-17,20-24,32-35H,8-9,12-13,18-19H2,1-4H3,(H,44,46)(H,45,47)(H,48,54)(H,49,55). The van der Waals surface area contributed by atoms with Crippen molar-refractivity contribution in [3.8, 4) is 33.6 Å². The Morgan fingerprint density at radius 2 is 1.25 bits per heavy atom. The lowest BCUT2D eigenvalue weighted by Gasteiger charge is -2.30. The van der Waals surface area contributed by atoms with E-state index in [1.54, 1.807) is 27.6 Å². The predicted octanol–water partition coefficient (Wildman–Crippen LogP) is 8.21. The Morgan fingerprint density at radius 1 is 0.712 bits per heavy atom. The zero-order valence-corrected chi connectivity index (χ0v) is 34.8. The Balaban J connectivity index is 0.966. The van der Waals surface area contributed by atoms with Gasteiger partial charge in [0.2, 0.25) is 5.91 Å². The maximum Gasteiger partial charge on any atom is 0.407 e. The molecule has 4 aromatic heterocycles. The molecule has 4 amide bonds. The van der Waals surface area contributed by atoms with Gasteiger partial charge in [-0.15, -0.1) is 22.7 Å². The number of ether oxygens (including phenoxy) is 2. The Labute approximate surface area is 349 Å². The van der Waals surface area contributed by atoms with Gasteiger partial charge in [-0.3, -0.25) is 9.59 Å².